The summed E-state index contributed by atoms with van der Waals surface area (Å²) in [6.07, 6.45) is 9.25. The average molecular weight is 281 g/mol. The molecule has 4 heteroatoms. The van der Waals surface area contributed by atoms with Crippen molar-refractivity contribution in [2.45, 2.75) is 64.7 Å². The molecule has 3 N–H and O–H groups in total. The fourth-order valence-electron chi connectivity index (χ4n) is 2.44. The third-order valence-corrected chi connectivity index (χ3v) is 4.57. The lowest BCUT2D eigenvalue weighted by molar-refractivity contribution is 0.523. The third kappa shape index (κ3) is 4.68. The van der Waals surface area contributed by atoms with Crippen LogP contribution in [0.2, 0.25) is 0 Å². The molecule has 0 radical (unpaired) electrons. The summed E-state index contributed by atoms with van der Waals surface area (Å²) >= 11 is 1.53. The Kier molecular flexibility index (Phi) is 5.49. The Bertz CT molecular complexity index is 383. The molecule has 1 aliphatic rings. The summed E-state index contributed by atoms with van der Waals surface area (Å²) in [6, 6.07) is 0. The molecule has 1 aromatic heterocycles. The van der Waals surface area contributed by atoms with Crippen LogP contribution in [0.3, 0.4) is 0 Å². The molecule has 0 spiro atoms. The van der Waals surface area contributed by atoms with Crippen LogP contribution in [0.25, 0.3) is 0 Å². The number of nitrogens with zero attached hydrogens (tertiary/aromatic N) is 1. The SMILES string of the molecule is CC(C)CCCCCCNc1snc(N)c1C1CC1. The fourth-order valence-corrected chi connectivity index (χ4v) is 3.26. The van der Waals surface area contributed by atoms with E-state index >= 15 is 0 Å². The molecule has 108 valence electrons. The van der Waals surface area contributed by atoms with Crippen LogP contribution in [0.1, 0.15) is 70.3 Å². The van der Waals surface area contributed by atoms with Crippen molar-refractivity contribution in [3.05, 3.63) is 5.56 Å². The van der Waals surface area contributed by atoms with Gasteiger partial charge in [-0.2, -0.15) is 4.37 Å². The Morgan fingerprint density at radius 2 is 2.00 bits per heavy atom. The first-order valence-electron chi connectivity index (χ1n) is 7.67. The van der Waals surface area contributed by atoms with Crippen LogP contribution < -0.4 is 11.1 Å². The topological polar surface area (TPSA) is 50.9 Å². The Hall–Kier alpha value is -0.770. The predicted octanol–water partition coefficient (Wildman–Crippen LogP) is 4.62. The highest BCUT2D eigenvalue weighted by Gasteiger charge is 2.30. The van der Waals surface area contributed by atoms with Gasteiger partial charge in [-0.05, 0) is 42.6 Å². The van der Waals surface area contributed by atoms with Crippen molar-refractivity contribution < 1.29 is 0 Å². The second-order valence-corrected chi connectivity index (χ2v) is 6.88. The lowest BCUT2D eigenvalue weighted by Gasteiger charge is -2.07. The summed E-state index contributed by atoms with van der Waals surface area (Å²) in [6.45, 7) is 5.66. The zero-order valence-corrected chi connectivity index (χ0v) is 13.1. The number of hydrogen-bond donors (Lipinski definition) is 2. The van der Waals surface area contributed by atoms with Gasteiger partial charge >= 0.3 is 0 Å². The van der Waals surface area contributed by atoms with Crippen molar-refractivity contribution >= 4 is 22.4 Å². The highest BCUT2D eigenvalue weighted by atomic mass is 32.1. The van der Waals surface area contributed by atoms with Gasteiger partial charge in [0.05, 0.1) is 0 Å². The van der Waals surface area contributed by atoms with Gasteiger partial charge in [0.1, 0.15) is 10.8 Å². The number of rotatable bonds is 9. The van der Waals surface area contributed by atoms with E-state index in [9.17, 15) is 0 Å². The van der Waals surface area contributed by atoms with Gasteiger partial charge in [0.2, 0.25) is 0 Å². The van der Waals surface area contributed by atoms with Gasteiger partial charge in [0.15, 0.2) is 0 Å². The Morgan fingerprint density at radius 1 is 1.26 bits per heavy atom. The van der Waals surface area contributed by atoms with Gasteiger partial charge in [-0.1, -0.05) is 39.5 Å². The molecule has 1 heterocycles. The van der Waals surface area contributed by atoms with E-state index in [-0.39, 0.29) is 0 Å². The van der Waals surface area contributed by atoms with Gasteiger partial charge < -0.3 is 11.1 Å². The van der Waals surface area contributed by atoms with Crippen molar-refractivity contribution in [2.75, 3.05) is 17.6 Å². The highest BCUT2D eigenvalue weighted by molar-refractivity contribution is 7.10. The molecule has 0 unspecified atom stereocenters. The molecular formula is C15H27N3S. The van der Waals surface area contributed by atoms with E-state index < -0.39 is 0 Å². The van der Waals surface area contributed by atoms with Crippen LogP contribution in [0.5, 0.6) is 0 Å². The largest absolute Gasteiger partial charge is 0.383 e. The summed E-state index contributed by atoms with van der Waals surface area (Å²) in [4.78, 5) is 0. The molecule has 2 rings (SSSR count). The van der Waals surface area contributed by atoms with E-state index in [1.165, 1.54) is 67.0 Å². The van der Waals surface area contributed by atoms with Crippen molar-refractivity contribution in [3.8, 4) is 0 Å². The molecule has 0 bridgehead atoms. The lowest BCUT2D eigenvalue weighted by atomic mass is 10.0. The zero-order chi connectivity index (χ0) is 13.7. The molecule has 1 aromatic rings. The Labute approximate surface area is 121 Å². The maximum atomic E-state index is 5.94. The first-order valence-corrected chi connectivity index (χ1v) is 8.44. The molecule has 0 aromatic carbocycles. The van der Waals surface area contributed by atoms with Crippen LogP contribution in [-0.2, 0) is 0 Å². The molecule has 0 aliphatic heterocycles. The second-order valence-electron chi connectivity index (χ2n) is 6.11. The number of nitrogens with two attached hydrogens (primary N) is 1. The Morgan fingerprint density at radius 3 is 2.68 bits per heavy atom. The van der Waals surface area contributed by atoms with E-state index in [1.807, 2.05) is 0 Å². The van der Waals surface area contributed by atoms with Crippen molar-refractivity contribution in [1.82, 2.24) is 4.37 Å². The standard InChI is InChI=1S/C15H27N3S/c1-11(2)7-5-3-4-6-10-17-15-13(12-8-9-12)14(16)18-19-15/h11-12,17H,3-10H2,1-2H3,(H2,16,18). The quantitative estimate of drug-likeness (QED) is 0.649. The number of aromatic nitrogens is 1. The third-order valence-electron chi connectivity index (χ3n) is 3.74. The number of hydrogen-bond acceptors (Lipinski definition) is 4. The minimum absolute atomic E-state index is 0.687. The monoisotopic (exact) mass is 281 g/mol. The van der Waals surface area contributed by atoms with Crippen molar-refractivity contribution in [2.24, 2.45) is 5.92 Å². The van der Waals surface area contributed by atoms with Gasteiger partial charge in [-0.25, -0.2) is 0 Å². The maximum Gasteiger partial charge on any atom is 0.142 e. The first kappa shape index (κ1) is 14.6. The highest BCUT2D eigenvalue weighted by Crippen LogP contribution is 2.47. The number of unbranched alkanes of at least 4 members (excludes halogenated alkanes) is 3. The smallest absolute Gasteiger partial charge is 0.142 e. The van der Waals surface area contributed by atoms with Crippen LogP contribution in [0, 0.1) is 5.92 Å². The van der Waals surface area contributed by atoms with Crippen LogP contribution in [-0.4, -0.2) is 10.9 Å². The fraction of sp³-hybridized carbons (Fsp3) is 0.800. The number of nitrogen functional groups attached to an aromatic ring is 1. The summed E-state index contributed by atoms with van der Waals surface area (Å²) in [7, 11) is 0. The summed E-state index contributed by atoms with van der Waals surface area (Å²) < 4.78 is 4.28. The average Bonchev–Trinajstić information content (AvgIpc) is 3.13. The first-order chi connectivity index (χ1) is 9.18. The van der Waals surface area contributed by atoms with E-state index in [0.717, 1.165) is 18.3 Å². The minimum Gasteiger partial charge on any atom is -0.383 e. The molecule has 0 saturated heterocycles. The summed E-state index contributed by atoms with van der Waals surface area (Å²) in [5, 5.41) is 4.76. The normalized spacial score (nSPS) is 15.1. The molecule has 1 saturated carbocycles. The van der Waals surface area contributed by atoms with Crippen LogP contribution >= 0.6 is 11.5 Å². The van der Waals surface area contributed by atoms with E-state index in [4.69, 9.17) is 5.73 Å². The molecule has 1 aliphatic carbocycles. The molecule has 1 fully saturated rings. The number of nitrogens with one attached hydrogen (secondary N) is 1. The number of anilines is 2. The minimum atomic E-state index is 0.687. The van der Waals surface area contributed by atoms with Gasteiger partial charge in [-0.3, -0.25) is 0 Å². The van der Waals surface area contributed by atoms with Gasteiger partial charge in [0.25, 0.3) is 0 Å². The van der Waals surface area contributed by atoms with Crippen LogP contribution in [0.4, 0.5) is 10.8 Å². The second kappa shape index (κ2) is 7.13. The van der Waals surface area contributed by atoms with E-state index in [0.29, 0.717) is 5.92 Å². The summed E-state index contributed by atoms with van der Waals surface area (Å²) in [5.74, 6) is 2.29. The molecule has 19 heavy (non-hydrogen) atoms. The molecule has 0 amide bonds. The van der Waals surface area contributed by atoms with Crippen LogP contribution in [0.15, 0.2) is 0 Å². The van der Waals surface area contributed by atoms with E-state index in [1.54, 1.807) is 0 Å². The molecule has 3 nitrogen and oxygen atoms in total. The lowest BCUT2D eigenvalue weighted by Crippen LogP contribution is -2.02. The molecular weight excluding hydrogens is 254 g/mol. The predicted molar refractivity (Wildman–Crippen MR) is 84.9 cm³/mol. The van der Waals surface area contributed by atoms with Crippen molar-refractivity contribution in [1.29, 1.82) is 0 Å². The van der Waals surface area contributed by atoms with Crippen molar-refractivity contribution in [3.63, 3.8) is 0 Å². The van der Waals surface area contributed by atoms with Gasteiger partial charge in [0, 0.05) is 12.1 Å². The van der Waals surface area contributed by atoms with E-state index in [2.05, 4.69) is 23.5 Å². The zero-order valence-electron chi connectivity index (χ0n) is 12.2. The maximum absolute atomic E-state index is 5.94. The Balaban J connectivity index is 1.61. The summed E-state index contributed by atoms with van der Waals surface area (Å²) in [5.41, 5.74) is 7.24. The molecule has 0 atom stereocenters. The van der Waals surface area contributed by atoms with Gasteiger partial charge in [-0.15, -0.1) is 0 Å².